The second-order valence-corrected chi connectivity index (χ2v) is 6.04. The fourth-order valence-corrected chi connectivity index (χ4v) is 3.10. The number of halogens is 1. The SMILES string of the molecule is COc1ccc(OC)c(S(=O)(=O)Nc2cnccc2Cl)c1. The number of ether oxygens (including phenoxy) is 2. The average Bonchev–Trinajstić information content (AvgIpc) is 2.48. The minimum absolute atomic E-state index is 0.0516. The van der Waals surface area contributed by atoms with Crippen molar-refractivity contribution in [2.45, 2.75) is 4.90 Å². The number of aromatic nitrogens is 1. The highest BCUT2D eigenvalue weighted by atomic mass is 35.5. The number of hydrogen-bond acceptors (Lipinski definition) is 5. The summed E-state index contributed by atoms with van der Waals surface area (Å²) in [5, 5.41) is 0.246. The third kappa shape index (κ3) is 3.37. The minimum atomic E-state index is -3.89. The van der Waals surface area contributed by atoms with Crippen LogP contribution in [0.5, 0.6) is 11.5 Å². The van der Waals surface area contributed by atoms with E-state index in [0.29, 0.717) is 5.75 Å². The first kappa shape index (κ1) is 15.4. The van der Waals surface area contributed by atoms with Crippen LogP contribution in [0.3, 0.4) is 0 Å². The lowest BCUT2D eigenvalue weighted by molar-refractivity contribution is 0.392. The number of benzene rings is 1. The molecular formula is C13H13ClN2O4S. The molecular weight excluding hydrogens is 316 g/mol. The third-order valence-electron chi connectivity index (χ3n) is 2.67. The van der Waals surface area contributed by atoms with Crippen LogP contribution in [0.25, 0.3) is 0 Å². The van der Waals surface area contributed by atoms with Gasteiger partial charge in [-0.1, -0.05) is 11.6 Å². The zero-order valence-electron chi connectivity index (χ0n) is 11.3. The molecule has 0 saturated heterocycles. The van der Waals surface area contributed by atoms with E-state index in [1.807, 2.05) is 0 Å². The van der Waals surface area contributed by atoms with Crippen LogP contribution in [0.1, 0.15) is 0 Å². The summed E-state index contributed by atoms with van der Waals surface area (Å²) in [5.74, 6) is 0.594. The average molecular weight is 329 g/mol. The lowest BCUT2D eigenvalue weighted by Crippen LogP contribution is -2.14. The van der Waals surface area contributed by atoms with Crippen molar-refractivity contribution in [3.05, 3.63) is 41.7 Å². The van der Waals surface area contributed by atoms with Crippen molar-refractivity contribution in [3.8, 4) is 11.5 Å². The van der Waals surface area contributed by atoms with Crippen LogP contribution in [0, 0.1) is 0 Å². The maximum Gasteiger partial charge on any atom is 0.265 e. The van der Waals surface area contributed by atoms with Gasteiger partial charge in [0, 0.05) is 12.3 Å². The third-order valence-corrected chi connectivity index (χ3v) is 4.39. The van der Waals surface area contributed by atoms with E-state index in [2.05, 4.69) is 9.71 Å². The largest absolute Gasteiger partial charge is 0.497 e. The Morgan fingerprint density at radius 3 is 2.57 bits per heavy atom. The Kier molecular flexibility index (Phi) is 4.54. The molecule has 0 unspecified atom stereocenters. The van der Waals surface area contributed by atoms with Gasteiger partial charge < -0.3 is 9.47 Å². The molecule has 112 valence electrons. The Bertz CT molecular complexity index is 750. The van der Waals surface area contributed by atoms with Crippen molar-refractivity contribution in [1.29, 1.82) is 0 Å². The van der Waals surface area contributed by atoms with E-state index < -0.39 is 10.0 Å². The van der Waals surface area contributed by atoms with Crippen molar-refractivity contribution in [1.82, 2.24) is 4.98 Å². The summed E-state index contributed by atoms with van der Waals surface area (Å²) < 4.78 is 37.4. The van der Waals surface area contributed by atoms with Crippen molar-refractivity contribution in [2.24, 2.45) is 0 Å². The lowest BCUT2D eigenvalue weighted by atomic mass is 10.3. The molecule has 0 saturated carbocycles. The molecule has 0 fully saturated rings. The van der Waals surface area contributed by atoms with Crippen molar-refractivity contribution in [3.63, 3.8) is 0 Å². The van der Waals surface area contributed by atoms with E-state index in [1.54, 1.807) is 6.07 Å². The Morgan fingerprint density at radius 1 is 1.19 bits per heavy atom. The van der Waals surface area contributed by atoms with Gasteiger partial charge in [0.05, 0.1) is 31.1 Å². The molecule has 1 aromatic heterocycles. The van der Waals surface area contributed by atoms with Gasteiger partial charge in [-0.05, 0) is 18.2 Å². The highest BCUT2D eigenvalue weighted by Gasteiger charge is 2.21. The first-order valence-electron chi connectivity index (χ1n) is 5.82. The molecule has 6 nitrogen and oxygen atoms in total. The Morgan fingerprint density at radius 2 is 1.95 bits per heavy atom. The van der Waals surface area contributed by atoms with Gasteiger partial charge in [-0.2, -0.15) is 0 Å². The summed E-state index contributed by atoms with van der Waals surface area (Å²) >= 11 is 5.93. The van der Waals surface area contributed by atoms with Crippen LogP contribution in [0.15, 0.2) is 41.6 Å². The minimum Gasteiger partial charge on any atom is -0.497 e. The topological polar surface area (TPSA) is 77.5 Å². The van der Waals surface area contributed by atoms with Crippen molar-refractivity contribution < 1.29 is 17.9 Å². The molecule has 0 bridgehead atoms. The van der Waals surface area contributed by atoms with Gasteiger partial charge in [0.25, 0.3) is 10.0 Å². The Labute approximate surface area is 127 Å². The maximum absolute atomic E-state index is 12.5. The number of nitrogens with one attached hydrogen (secondary N) is 1. The molecule has 0 atom stereocenters. The van der Waals surface area contributed by atoms with Gasteiger partial charge in [-0.3, -0.25) is 9.71 Å². The molecule has 8 heteroatoms. The van der Waals surface area contributed by atoms with Crippen LogP contribution in [-0.2, 0) is 10.0 Å². The number of anilines is 1. The van der Waals surface area contributed by atoms with E-state index >= 15 is 0 Å². The smallest absolute Gasteiger partial charge is 0.265 e. The Hall–Kier alpha value is -1.99. The monoisotopic (exact) mass is 328 g/mol. The van der Waals surface area contributed by atoms with Crippen LogP contribution < -0.4 is 14.2 Å². The quantitative estimate of drug-likeness (QED) is 0.912. The summed E-state index contributed by atoms with van der Waals surface area (Å²) in [6.45, 7) is 0. The molecule has 0 radical (unpaired) electrons. The van der Waals surface area contributed by atoms with E-state index in [-0.39, 0.29) is 21.4 Å². The molecule has 0 spiro atoms. The first-order valence-corrected chi connectivity index (χ1v) is 7.68. The standard InChI is InChI=1S/C13H13ClN2O4S/c1-19-9-3-4-12(20-2)13(7-9)21(17,18)16-11-8-15-6-5-10(11)14/h3-8,16H,1-2H3. The van der Waals surface area contributed by atoms with E-state index in [1.165, 1.54) is 44.8 Å². The second kappa shape index (κ2) is 6.19. The fraction of sp³-hybridized carbons (Fsp3) is 0.154. The summed E-state index contributed by atoms with van der Waals surface area (Å²) in [6.07, 6.45) is 2.79. The van der Waals surface area contributed by atoms with Gasteiger partial charge in [-0.15, -0.1) is 0 Å². The van der Waals surface area contributed by atoms with Crippen LogP contribution >= 0.6 is 11.6 Å². The van der Waals surface area contributed by atoms with Gasteiger partial charge in [0.15, 0.2) is 0 Å². The predicted molar refractivity (Wildman–Crippen MR) is 79.6 cm³/mol. The summed E-state index contributed by atoms with van der Waals surface area (Å²) in [7, 11) is -1.06. The number of nitrogens with zero attached hydrogens (tertiary/aromatic N) is 1. The first-order chi connectivity index (χ1) is 9.97. The molecule has 0 aliphatic heterocycles. The maximum atomic E-state index is 12.5. The van der Waals surface area contributed by atoms with E-state index in [4.69, 9.17) is 21.1 Å². The molecule has 21 heavy (non-hydrogen) atoms. The zero-order valence-corrected chi connectivity index (χ0v) is 12.9. The molecule has 2 rings (SSSR count). The van der Waals surface area contributed by atoms with E-state index in [0.717, 1.165) is 0 Å². The number of rotatable bonds is 5. The molecule has 0 amide bonds. The highest BCUT2D eigenvalue weighted by molar-refractivity contribution is 7.92. The molecule has 0 aliphatic rings. The molecule has 1 aromatic carbocycles. The van der Waals surface area contributed by atoms with Gasteiger partial charge >= 0.3 is 0 Å². The van der Waals surface area contributed by atoms with Crippen molar-refractivity contribution >= 4 is 27.3 Å². The van der Waals surface area contributed by atoms with Gasteiger partial charge in [-0.25, -0.2) is 8.42 Å². The number of methoxy groups -OCH3 is 2. The molecule has 2 aromatic rings. The summed E-state index contributed by atoms with van der Waals surface area (Å²) in [6, 6.07) is 5.97. The Balaban J connectivity index is 2.46. The van der Waals surface area contributed by atoms with Gasteiger partial charge in [0.1, 0.15) is 16.4 Å². The fourth-order valence-electron chi connectivity index (χ4n) is 1.65. The van der Waals surface area contributed by atoms with Gasteiger partial charge in [0.2, 0.25) is 0 Å². The summed E-state index contributed by atoms with van der Waals surface area (Å²) in [4.78, 5) is 3.78. The highest BCUT2D eigenvalue weighted by Crippen LogP contribution is 2.31. The van der Waals surface area contributed by atoms with Crippen LogP contribution in [0.2, 0.25) is 5.02 Å². The number of pyridine rings is 1. The van der Waals surface area contributed by atoms with Crippen LogP contribution in [-0.4, -0.2) is 27.6 Å². The predicted octanol–water partition coefficient (Wildman–Crippen LogP) is 2.55. The molecule has 1 N–H and O–H groups in total. The second-order valence-electron chi connectivity index (χ2n) is 3.98. The van der Waals surface area contributed by atoms with E-state index in [9.17, 15) is 8.42 Å². The normalized spacial score (nSPS) is 11.0. The molecule has 0 aliphatic carbocycles. The van der Waals surface area contributed by atoms with Crippen LogP contribution in [0.4, 0.5) is 5.69 Å². The zero-order chi connectivity index (χ0) is 15.5. The lowest BCUT2D eigenvalue weighted by Gasteiger charge is -2.13. The molecule has 1 heterocycles. The summed E-state index contributed by atoms with van der Waals surface area (Å²) in [5.41, 5.74) is 0.184. The van der Waals surface area contributed by atoms with Crippen molar-refractivity contribution in [2.75, 3.05) is 18.9 Å². The number of sulfonamides is 1. The number of hydrogen-bond donors (Lipinski definition) is 1.